The van der Waals surface area contributed by atoms with E-state index >= 15 is 0 Å². The second-order valence-electron chi connectivity index (χ2n) is 8.64. The Labute approximate surface area is 210 Å². The van der Waals surface area contributed by atoms with Crippen molar-refractivity contribution in [3.63, 3.8) is 0 Å². The lowest BCUT2D eigenvalue weighted by atomic mass is 9.96. The smallest absolute Gasteiger partial charge is 0.255 e. The Kier molecular flexibility index (Phi) is 8.21. The van der Waals surface area contributed by atoms with Crippen LogP contribution in [0.5, 0.6) is 0 Å². The van der Waals surface area contributed by atoms with Gasteiger partial charge >= 0.3 is 0 Å². The van der Waals surface area contributed by atoms with Gasteiger partial charge in [-0.05, 0) is 56.2 Å². The van der Waals surface area contributed by atoms with Gasteiger partial charge < -0.3 is 15.5 Å². The molecule has 1 fully saturated rings. The molecular formula is C28H29N3O3S. The molecule has 6 nitrogen and oxygen atoms in total. The summed E-state index contributed by atoms with van der Waals surface area (Å²) >= 11 is 1.34. The lowest BCUT2D eigenvalue weighted by Crippen LogP contribution is -2.43. The molecule has 35 heavy (non-hydrogen) atoms. The van der Waals surface area contributed by atoms with Crippen LogP contribution in [0.25, 0.3) is 0 Å². The fourth-order valence-electron chi connectivity index (χ4n) is 4.06. The number of benzene rings is 3. The number of hydrogen-bond donors (Lipinski definition) is 2. The normalized spacial score (nSPS) is 15.3. The van der Waals surface area contributed by atoms with Crippen LogP contribution in [-0.4, -0.2) is 41.5 Å². The third kappa shape index (κ3) is 6.73. The van der Waals surface area contributed by atoms with Crippen molar-refractivity contribution in [2.75, 3.05) is 29.5 Å². The van der Waals surface area contributed by atoms with E-state index in [0.717, 1.165) is 34.7 Å². The van der Waals surface area contributed by atoms with E-state index in [9.17, 15) is 14.4 Å². The van der Waals surface area contributed by atoms with Crippen molar-refractivity contribution in [3.8, 4) is 0 Å². The molecule has 0 radical (unpaired) electrons. The fourth-order valence-corrected chi connectivity index (χ4v) is 4.90. The zero-order valence-corrected chi connectivity index (χ0v) is 20.5. The van der Waals surface area contributed by atoms with Crippen molar-refractivity contribution in [1.82, 2.24) is 4.90 Å². The Morgan fingerprint density at radius 3 is 2.34 bits per heavy atom. The summed E-state index contributed by atoms with van der Waals surface area (Å²) in [5.41, 5.74) is 3.19. The molecule has 0 aromatic heterocycles. The van der Waals surface area contributed by atoms with Gasteiger partial charge in [-0.15, -0.1) is 11.8 Å². The Hall–Kier alpha value is -3.58. The molecule has 3 amide bonds. The van der Waals surface area contributed by atoms with E-state index in [-0.39, 0.29) is 29.4 Å². The molecule has 7 heteroatoms. The van der Waals surface area contributed by atoms with E-state index in [1.54, 1.807) is 11.0 Å². The molecule has 180 valence electrons. The maximum absolute atomic E-state index is 13.4. The van der Waals surface area contributed by atoms with Gasteiger partial charge in [0, 0.05) is 29.4 Å². The summed E-state index contributed by atoms with van der Waals surface area (Å²) in [4.78, 5) is 41.1. The predicted octanol–water partition coefficient (Wildman–Crippen LogP) is 5.22. The Morgan fingerprint density at radius 1 is 0.886 bits per heavy atom. The third-order valence-corrected chi connectivity index (χ3v) is 7.01. The zero-order chi connectivity index (χ0) is 24.6. The van der Waals surface area contributed by atoms with Crippen LogP contribution in [0.2, 0.25) is 0 Å². The highest BCUT2D eigenvalue weighted by molar-refractivity contribution is 8.00. The molecule has 1 saturated heterocycles. The molecular weight excluding hydrogens is 458 g/mol. The number of rotatable bonds is 7. The molecule has 0 aliphatic carbocycles. The molecule has 2 N–H and O–H groups in total. The van der Waals surface area contributed by atoms with Crippen LogP contribution in [0.3, 0.4) is 0 Å². The zero-order valence-electron chi connectivity index (χ0n) is 19.7. The number of hydrogen-bond acceptors (Lipinski definition) is 4. The summed E-state index contributed by atoms with van der Waals surface area (Å²) < 4.78 is 0. The van der Waals surface area contributed by atoms with Crippen molar-refractivity contribution in [3.05, 3.63) is 90.0 Å². The molecule has 1 unspecified atom stereocenters. The molecule has 3 aromatic rings. The van der Waals surface area contributed by atoms with Crippen LogP contribution in [-0.2, 0) is 9.59 Å². The van der Waals surface area contributed by atoms with Gasteiger partial charge in [-0.1, -0.05) is 48.0 Å². The highest BCUT2D eigenvalue weighted by atomic mass is 32.2. The van der Waals surface area contributed by atoms with E-state index in [1.807, 2.05) is 79.7 Å². The summed E-state index contributed by atoms with van der Waals surface area (Å²) in [6.45, 7) is 2.99. The van der Waals surface area contributed by atoms with Crippen molar-refractivity contribution >= 4 is 40.9 Å². The van der Waals surface area contributed by atoms with Crippen LogP contribution in [0, 0.1) is 12.8 Å². The van der Waals surface area contributed by atoms with Crippen molar-refractivity contribution in [1.29, 1.82) is 0 Å². The first-order valence-corrected chi connectivity index (χ1v) is 12.7. The molecule has 4 rings (SSSR count). The van der Waals surface area contributed by atoms with Crippen LogP contribution >= 0.6 is 11.8 Å². The number of thioether (sulfide) groups is 1. The molecule has 0 spiro atoms. The van der Waals surface area contributed by atoms with Crippen molar-refractivity contribution in [2.24, 2.45) is 5.92 Å². The highest BCUT2D eigenvalue weighted by Gasteiger charge is 2.30. The van der Waals surface area contributed by atoms with Gasteiger partial charge in [0.05, 0.1) is 17.2 Å². The summed E-state index contributed by atoms with van der Waals surface area (Å²) in [5.74, 6) is -0.363. The third-order valence-electron chi connectivity index (χ3n) is 5.93. The van der Waals surface area contributed by atoms with E-state index in [1.165, 1.54) is 11.8 Å². The minimum atomic E-state index is -0.256. The molecule has 1 aliphatic heterocycles. The summed E-state index contributed by atoms with van der Waals surface area (Å²) in [6, 6.07) is 24.3. The molecule has 1 heterocycles. The minimum absolute atomic E-state index is 0.0656. The fraction of sp³-hybridized carbons (Fsp3) is 0.250. The van der Waals surface area contributed by atoms with Crippen LogP contribution < -0.4 is 10.6 Å². The van der Waals surface area contributed by atoms with Gasteiger partial charge in [-0.3, -0.25) is 14.4 Å². The maximum atomic E-state index is 13.4. The second-order valence-corrected chi connectivity index (χ2v) is 9.66. The molecule has 3 aromatic carbocycles. The first-order valence-electron chi connectivity index (χ1n) is 11.7. The van der Waals surface area contributed by atoms with E-state index < -0.39 is 0 Å². The molecule has 1 atom stereocenters. The van der Waals surface area contributed by atoms with Gasteiger partial charge in [0.15, 0.2) is 0 Å². The van der Waals surface area contributed by atoms with E-state index in [4.69, 9.17) is 0 Å². The summed E-state index contributed by atoms with van der Waals surface area (Å²) in [6.07, 6.45) is 1.52. The largest absolute Gasteiger partial charge is 0.338 e. The number of carbonyl (C=O) groups is 3. The van der Waals surface area contributed by atoms with Gasteiger partial charge in [-0.25, -0.2) is 0 Å². The Balaban J connectivity index is 1.37. The van der Waals surface area contributed by atoms with E-state index in [2.05, 4.69) is 10.6 Å². The van der Waals surface area contributed by atoms with Crippen LogP contribution in [0.4, 0.5) is 11.4 Å². The average Bonchev–Trinajstić information content (AvgIpc) is 2.89. The second kappa shape index (κ2) is 11.7. The molecule has 0 bridgehead atoms. The first kappa shape index (κ1) is 24.5. The molecule has 1 aliphatic rings. The van der Waals surface area contributed by atoms with Gasteiger partial charge in [0.2, 0.25) is 11.8 Å². The number of piperidine rings is 1. The van der Waals surface area contributed by atoms with E-state index in [0.29, 0.717) is 18.7 Å². The number of carbonyl (C=O) groups excluding carboxylic acids is 3. The lowest BCUT2D eigenvalue weighted by Gasteiger charge is -2.32. The number of likely N-dealkylation sites (tertiary alicyclic amines) is 1. The highest BCUT2D eigenvalue weighted by Crippen LogP contribution is 2.27. The van der Waals surface area contributed by atoms with Crippen LogP contribution in [0.15, 0.2) is 83.8 Å². The minimum Gasteiger partial charge on any atom is -0.338 e. The van der Waals surface area contributed by atoms with Crippen molar-refractivity contribution < 1.29 is 14.4 Å². The maximum Gasteiger partial charge on any atom is 0.255 e. The first-order chi connectivity index (χ1) is 17.0. The standard InChI is InChI=1S/C28H29N3O3S/c1-20-13-15-23(16-14-20)29-26(32)19-35-25-12-6-5-11-24(25)28(34)31-17-7-8-21(18-31)27(33)30-22-9-3-2-4-10-22/h2-6,9-16,21H,7-8,17-19H2,1H3,(H,29,32)(H,30,33). The number of para-hydroxylation sites is 1. The van der Waals surface area contributed by atoms with Crippen molar-refractivity contribution in [2.45, 2.75) is 24.7 Å². The predicted molar refractivity (Wildman–Crippen MR) is 141 cm³/mol. The SMILES string of the molecule is Cc1ccc(NC(=O)CSc2ccccc2C(=O)N2CCCC(C(=O)Nc3ccccc3)C2)cc1. The summed E-state index contributed by atoms with van der Waals surface area (Å²) in [7, 11) is 0. The monoisotopic (exact) mass is 487 g/mol. The quantitative estimate of drug-likeness (QED) is 0.448. The lowest BCUT2D eigenvalue weighted by molar-refractivity contribution is -0.121. The average molecular weight is 488 g/mol. The molecule has 0 saturated carbocycles. The Bertz CT molecular complexity index is 1180. The number of nitrogens with one attached hydrogen (secondary N) is 2. The number of aryl methyl sites for hydroxylation is 1. The number of amides is 3. The number of anilines is 2. The van der Waals surface area contributed by atoms with Crippen LogP contribution in [0.1, 0.15) is 28.8 Å². The number of nitrogens with zero attached hydrogens (tertiary/aromatic N) is 1. The van der Waals surface area contributed by atoms with Gasteiger partial charge in [0.25, 0.3) is 5.91 Å². The summed E-state index contributed by atoms with van der Waals surface area (Å²) in [5, 5.41) is 5.84. The topological polar surface area (TPSA) is 78.5 Å². The van der Waals surface area contributed by atoms with Gasteiger partial charge in [-0.2, -0.15) is 0 Å². The van der Waals surface area contributed by atoms with Gasteiger partial charge in [0.1, 0.15) is 0 Å². The Morgan fingerprint density at radius 2 is 1.57 bits per heavy atom.